The Hall–Kier alpha value is -0.460. The highest BCUT2D eigenvalue weighted by Gasteiger charge is 2.84. The van der Waals surface area contributed by atoms with E-state index in [1.165, 1.54) is 0 Å². The maximum absolute atomic E-state index is 12.8. The number of hydrogen-bond donors (Lipinski definition) is 0. The van der Waals surface area contributed by atoms with Gasteiger partial charge in [-0.3, -0.25) is 0 Å². The highest BCUT2D eigenvalue weighted by molar-refractivity contribution is 5.19. The summed E-state index contributed by atoms with van der Waals surface area (Å²) in [6, 6.07) is 0. The van der Waals surface area contributed by atoms with Crippen molar-refractivity contribution < 1.29 is 31.1 Å². The molecule has 0 aromatic heterocycles. The van der Waals surface area contributed by atoms with Gasteiger partial charge < -0.3 is 4.74 Å². The van der Waals surface area contributed by atoms with Crippen LogP contribution in [0.5, 0.6) is 0 Å². The summed E-state index contributed by atoms with van der Waals surface area (Å²) in [6.07, 6.45) is -12.5. The minimum atomic E-state index is -5.23. The molecule has 0 aromatic carbocycles. The molecule has 4 unspecified atom stereocenters. The number of fused-ring (bicyclic) bond motifs is 5. The maximum atomic E-state index is 12.8. The summed E-state index contributed by atoms with van der Waals surface area (Å²) < 4.78 is 81.6. The standard InChI is InChI=1S/C9H8F6O/c10-8(11,12)7(9(13,14)15)2-3-1-4(7)6-5(3)16-6/h3-6H,1-2H2. The summed E-state index contributed by atoms with van der Waals surface area (Å²) in [6.45, 7) is 0. The largest absolute Gasteiger partial charge is 0.403 e. The first kappa shape index (κ1) is 10.7. The topological polar surface area (TPSA) is 12.5 Å². The molecular weight excluding hydrogens is 238 g/mol. The second-order valence-electron chi connectivity index (χ2n) is 4.84. The van der Waals surface area contributed by atoms with Crippen LogP contribution in [0.3, 0.4) is 0 Å². The van der Waals surface area contributed by atoms with Crippen LogP contribution >= 0.6 is 0 Å². The molecule has 2 aliphatic carbocycles. The molecule has 2 saturated carbocycles. The van der Waals surface area contributed by atoms with E-state index in [0.29, 0.717) is 0 Å². The van der Waals surface area contributed by atoms with Crippen LogP contribution in [0.15, 0.2) is 0 Å². The van der Waals surface area contributed by atoms with Gasteiger partial charge in [-0.05, 0) is 18.8 Å². The van der Waals surface area contributed by atoms with Crippen LogP contribution in [0.2, 0.25) is 0 Å². The normalized spacial score (nSPS) is 44.6. The number of hydrogen-bond acceptors (Lipinski definition) is 1. The molecule has 3 aliphatic rings. The zero-order chi connectivity index (χ0) is 11.9. The van der Waals surface area contributed by atoms with E-state index in [-0.39, 0.29) is 12.5 Å². The number of halogens is 6. The first-order chi connectivity index (χ1) is 7.18. The van der Waals surface area contributed by atoms with Gasteiger partial charge in [0.2, 0.25) is 0 Å². The molecule has 0 N–H and O–H groups in total. The molecule has 1 nitrogen and oxygen atoms in total. The molecule has 0 spiro atoms. The maximum Gasteiger partial charge on any atom is 0.403 e. The number of ether oxygens (including phenoxy) is 1. The molecule has 1 heterocycles. The zero-order valence-electron chi connectivity index (χ0n) is 7.90. The SMILES string of the molecule is FC(F)(F)C1(C(F)(F)F)CC2CC1C1OC21. The van der Waals surface area contributed by atoms with E-state index in [0.717, 1.165) is 0 Å². The molecule has 16 heavy (non-hydrogen) atoms. The fraction of sp³-hybridized carbons (Fsp3) is 1.00. The smallest absolute Gasteiger partial charge is 0.369 e. The van der Waals surface area contributed by atoms with Crippen LogP contribution < -0.4 is 0 Å². The average Bonchev–Trinajstić information content (AvgIpc) is 2.68. The van der Waals surface area contributed by atoms with E-state index >= 15 is 0 Å². The Bertz CT molecular complexity index is 318. The second-order valence-corrected chi connectivity index (χ2v) is 4.84. The lowest BCUT2D eigenvalue weighted by atomic mass is 9.71. The van der Waals surface area contributed by atoms with E-state index in [4.69, 9.17) is 4.74 Å². The van der Waals surface area contributed by atoms with Gasteiger partial charge >= 0.3 is 12.4 Å². The van der Waals surface area contributed by atoms with Crippen molar-refractivity contribution in [1.82, 2.24) is 0 Å². The molecule has 0 radical (unpaired) electrons. The van der Waals surface area contributed by atoms with E-state index in [9.17, 15) is 26.3 Å². The predicted molar refractivity (Wildman–Crippen MR) is 39.4 cm³/mol. The molecule has 1 aliphatic heterocycles. The van der Waals surface area contributed by atoms with Gasteiger partial charge in [0.15, 0.2) is 5.41 Å². The minimum absolute atomic E-state index is 0.00560. The van der Waals surface area contributed by atoms with Crippen molar-refractivity contribution in [3.05, 3.63) is 0 Å². The van der Waals surface area contributed by atoms with Gasteiger partial charge in [0.05, 0.1) is 12.2 Å². The lowest BCUT2D eigenvalue weighted by Crippen LogP contribution is -2.55. The number of alkyl halides is 6. The fourth-order valence-electron chi connectivity index (χ4n) is 3.49. The third kappa shape index (κ3) is 0.983. The molecule has 1 saturated heterocycles. The highest BCUT2D eigenvalue weighted by Crippen LogP contribution is 2.72. The van der Waals surface area contributed by atoms with Crippen LogP contribution in [-0.2, 0) is 4.74 Å². The quantitative estimate of drug-likeness (QED) is 0.473. The highest BCUT2D eigenvalue weighted by atomic mass is 19.4. The van der Waals surface area contributed by atoms with Gasteiger partial charge in [-0.15, -0.1) is 0 Å². The molecule has 0 aromatic rings. The summed E-state index contributed by atoms with van der Waals surface area (Å²) in [4.78, 5) is 0. The summed E-state index contributed by atoms with van der Waals surface area (Å²) in [7, 11) is 0. The molecule has 7 heteroatoms. The van der Waals surface area contributed by atoms with Crippen molar-refractivity contribution in [1.29, 1.82) is 0 Å². The Morgan fingerprint density at radius 1 is 0.938 bits per heavy atom. The van der Waals surface area contributed by atoms with Crippen molar-refractivity contribution in [2.75, 3.05) is 0 Å². The van der Waals surface area contributed by atoms with E-state index < -0.39 is 42.1 Å². The van der Waals surface area contributed by atoms with E-state index in [1.54, 1.807) is 0 Å². The van der Waals surface area contributed by atoms with E-state index in [2.05, 4.69) is 0 Å². The third-order valence-corrected chi connectivity index (χ3v) is 4.21. The Morgan fingerprint density at radius 3 is 1.88 bits per heavy atom. The molecule has 3 rings (SSSR count). The minimum Gasteiger partial charge on any atom is -0.369 e. The van der Waals surface area contributed by atoms with Crippen molar-refractivity contribution in [2.24, 2.45) is 17.3 Å². The van der Waals surface area contributed by atoms with Crippen LogP contribution in [0.25, 0.3) is 0 Å². The number of rotatable bonds is 0. The first-order valence-electron chi connectivity index (χ1n) is 4.97. The third-order valence-electron chi connectivity index (χ3n) is 4.21. The Balaban J connectivity index is 2.05. The van der Waals surface area contributed by atoms with Crippen molar-refractivity contribution in [3.63, 3.8) is 0 Å². The van der Waals surface area contributed by atoms with Crippen molar-refractivity contribution >= 4 is 0 Å². The summed E-state index contributed by atoms with van der Waals surface area (Å²) >= 11 is 0. The van der Waals surface area contributed by atoms with Gasteiger partial charge in [-0.2, -0.15) is 26.3 Å². The summed E-state index contributed by atoms with van der Waals surface area (Å²) in [5.41, 5.74) is -3.53. The Kier molecular flexibility index (Phi) is 1.68. The van der Waals surface area contributed by atoms with E-state index in [1.807, 2.05) is 0 Å². The van der Waals surface area contributed by atoms with Crippen LogP contribution in [-0.4, -0.2) is 24.6 Å². The Labute approximate surface area is 86.7 Å². The second kappa shape index (κ2) is 2.52. The lowest BCUT2D eigenvalue weighted by Gasteiger charge is -2.39. The molecule has 3 fully saturated rings. The molecule has 4 atom stereocenters. The molecule has 0 amide bonds. The van der Waals surface area contributed by atoms with Gasteiger partial charge in [-0.1, -0.05) is 0 Å². The van der Waals surface area contributed by atoms with Gasteiger partial charge in [0, 0.05) is 5.92 Å². The van der Waals surface area contributed by atoms with Gasteiger partial charge in [-0.25, -0.2) is 0 Å². The lowest BCUT2D eigenvalue weighted by molar-refractivity contribution is -0.355. The molecule has 92 valence electrons. The monoisotopic (exact) mass is 246 g/mol. The number of epoxide rings is 1. The van der Waals surface area contributed by atoms with Crippen molar-refractivity contribution in [2.45, 2.75) is 37.4 Å². The first-order valence-corrected chi connectivity index (χ1v) is 4.97. The van der Waals surface area contributed by atoms with Gasteiger partial charge in [0.25, 0.3) is 0 Å². The summed E-state index contributed by atoms with van der Waals surface area (Å²) in [5.74, 6) is -2.00. The average molecular weight is 246 g/mol. The molecular formula is C9H8F6O. The predicted octanol–water partition coefficient (Wildman–Crippen LogP) is 2.90. The fourth-order valence-corrected chi connectivity index (χ4v) is 3.49. The summed E-state index contributed by atoms with van der Waals surface area (Å²) in [5, 5.41) is 0. The molecule has 2 bridgehead atoms. The van der Waals surface area contributed by atoms with Crippen LogP contribution in [0.1, 0.15) is 12.8 Å². The Morgan fingerprint density at radius 2 is 1.50 bits per heavy atom. The van der Waals surface area contributed by atoms with Crippen molar-refractivity contribution in [3.8, 4) is 0 Å². The van der Waals surface area contributed by atoms with Crippen LogP contribution in [0.4, 0.5) is 26.3 Å². The van der Waals surface area contributed by atoms with Gasteiger partial charge in [0.1, 0.15) is 0 Å². The zero-order valence-corrected chi connectivity index (χ0v) is 7.90. The van der Waals surface area contributed by atoms with Crippen LogP contribution in [0, 0.1) is 17.3 Å².